The Bertz CT molecular complexity index is 530. The highest BCUT2D eigenvalue weighted by Gasteiger charge is 2.12. The van der Waals surface area contributed by atoms with Gasteiger partial charge in [0.25, 0.3) is 0 Å². The number of rotatable bonds is 3. The molecule has 1 aliphatic carbocycles. The van der Waals surface area contributed by atoms with Crippen LogP contribution >= 0.6 is 0 Å². The van der Waals surface area contributed by atoms with Gasteiger partial charge < -0.3 is 4.74 Å². The van der Waals surface area contributed by atoms with Crippen LogP contribution in [0, 0.1) is 5.92 Å². The van der Waals surface area contributed by atoms with Gasteiger partial charge in [-0.3, -0.25) is 0 Å². The van der Waals surface area contributed by atoms with E-state index in [1.807, 2.05) is 6.92 Å². The predicted molar refractivity (Wildman–Crippen MR) is 103 cm³/mol. The minimum atomic E-state index is -0.152. The topological polar surface area (TPSA) is 26.3 Å². The van der Waals surface area contributed by atoms with Crippen LogP contribution in [-0.4, -0.2) is 12.6 Å². The molecule has 0 aromatic rings. The first-order chi connectivity index (χ1) is 11.4. The smallest absolute Gasteiger partial charge is 0.333 e. The molecule has 0 bridgehead atoms. The van der Waals surface area contributed by atoms with Gasteiger partial charge in [-0.2, -0.15) is 0 Å². The van der Waals surface area contributed by atoms with Crippen LogP contribution in [0.15, 0.2) is 46.6 Å². The Morgan fingerprint density at radius 2 is 1.67 bits per heavy atom. The number of ether oxygens (including phenoxy) is 1. The van der Waals surface area contributed by atoms with Crippen LogP contribution in [0.3, 0.4) is 0 Å². The van der Waals surface area contributed by atoms with Crippen molar-refractivity contribution in [1.29, 1.82) is 0 Å². The molecule has 0 aromatic carbocycles. The average molecular weight is 331 g/mol. The molecule has 24 heavy (non-hydrogen) atoms. The van der Waals surface area contributed by atoms with Crippen molar-refractivity contribution >= 4 is 5.97 Å². The Labute approximate surface area is 148 Å². The fourth-order valence-electron chi connectivity index (χ4n) is 2.81. The summed E-state index contributed by atoms with van der Waals surface area (Å²) in [6, 6.07) is 0. The number of hydrogen-bond donors (Lipinski definition) is 0. The SMILES string of the molecule is CCOC(=O)/C1=C\CC/C(C)=C/CC/C(C)=C/C=C(/C(C)C)CC1. The van der Waals surface area contributed by atoms with Gasteiger partial charge in [0.1, 0.15) is 0 Å². The van der Waals surface area contributed by atoms with Crippen LogP contribution in [0.4, 0.5) is 0 Å². The Morgan fingerprint density at radius 3 is 2.33 bits per heavy atom. The Morgan fingerprint density at radius 1 is 1.00 bits per heavy atom. The fraction of sp³-hybridized carbons (Fsp3) is 0.591. The molecule has 0 aromatic heterocycles. The minimum Gasteiger partial charge on any atom is -0.463 e. The summed E-state index contributed by atoms with van der Waals surface area (Å²) in [7, 11) is 0. The number of esters is 1. The summed E-state index contributed by atoms with van der Waals surface area (Å²) in [6.45, 7) is 11.1. The van der Waals surface area contributed by atoms with Crippen molar-refractivity contribution < 1.29 is 9.53 Å². The van der Waals surface area contributed by atoms with Gasteiger partial charge in [0.2, 0.25) is 0 Å². The molecule has 2 heteroatoms. The second-order valence-corrected chi connectivity index (χ2v) is 6.99. The van der Waals surface area contributed by atoms with Crippen molar-refractivity contribution in [2.45, 2.75) is 73.1 Å². The fourth-order valence-corrected chi connectivity index (χ4v) is 2.81. The normalized spacial score (nSPS) is 26.8. The van der Waals surface area contributed by atoms with E-state index in [2.05, 4.69) is 52.0 Å². The van der Waals surface area contributed by atoms with Gasteiger partial charge in [-0.25, -0.2) is 4.79 Å². The Hall–Kier alpha value is -1.57. The van der Waals surface area contributed by atoms with E-state index in [0.29, 0.717) is 12.5 Å². The summed E-state index contributed by atoms with van der Waals surface area (Å²) in [5.74, 6) is 0.341. The first kappa shape index (κ1) is 20.5. The van der Waals surface area contributed by atoms with Crippen LogP contribution < -0.4 is 0 Å². The Balaban J connectivity index is 3.03. The van der Waals surface area contributed by atoms with Crippen molar-refractivity contribution in [3.05, 3.63) is 46.6 Å². The molecule has 1 rings (SSSR count). The third-order valence-electron chi connectivity index (χ3n) is 4.51. The second-order valence-electron chi connectivity index (χ2n) is 6.99. The third kappa shape index (κ3) is 7.81. The lowest BCUT2D eigenvalue weighted by Crippen LogP contribution is -2.09. The molecule has 0 fully saturated rings. The predicted octanol–water partition coefficient (Wildman–Crippen LogP) is 6.31. The van der Waals surface area contributed by atoms with Crippen LogP contribution in [0.2, 0.25) is 0 Å². The zero-order valence-corrected chi connectivity index (χ0v) is 16.2. The van der Waals surface area contributed by atoms with Gasteiger partial charge in [0.05, 0.1) is 6.61 Å². The van der Waals surface area contributed by atoms with Gasteiger partial charge in [-0.1, -0.05) is 54.9 Å². The molecule has 134 valence electrons. The molecular weight excluding hydrogens is 296 g/mol. The number of carbonyl (C=O) groups is 1. The van der Waals surface area contributed by atoms with E-state index < -0.39 is 0 Å². The van der Waals surface area contributed by atoms with E-state index in [0.717, 1.165) is 44.1 Å². The molecule has 0 atom stereocenters. The van der Waals surface area contributed by atoms with E-state index in [4.69, 9.17) is 4.74 Å². The Kier molecular flexibility index (Phi) is 9.44. The van der Waals surface area contributed by atoms with Gasteiger partial charge >= 0.3 is 5.97 Å². The molecular formula is C22H34O2. The molecule has 0 saturated heterocycles. The maximum atomic E-state index is 12.2. The van der Waals surface area contributed by atoms with E-state index in [9.17, 15) is 4.79 Å². The summed E-state index contributed by atoms with van der Waals surface area (Å²) >= 11 is 0. The molecule has 1 aliphatic rings. The van der Waals surface area contributed by atoms with Crippen molar-refractivity contribution in [2.75, 3.05) is 6.61 Å². The van der Waals surface area contributed by atoms with E-state index in [1.165, 1.54) is 16.7 Å². The molecule has 0 amide bonds. The standard InChI is InChI=1S/C22H34O2/c1-6-24-22(23)21-12-8-11-18(4)9-7-10-19(5)13-14-20(15-16-21)17(2)3/h9,12-14,17H,6-8,10-11,15-16H2,1-5H3/b18-9+,19-13+,20-14+,21-12-. The molecule has 0 N–H and O–H groups in total. The van der Waals surface area contributed by atoms with Gasteiger partial charge in [0, 0.05) is 5.57 Å². The highest BCUT2D eigenvalue weighted by molar-refractivity contribution is 5.88. The van der Waals surface area contributed by atoms with E-state index >= 15 is 0 Å². The van der Waals surface area contributed by atoms with Crippen molar-refractivity contribution in [1.82, 2.24) is 0 Å². The highest BCUT2D eigenvalue weighted by atomic mass is 16.5. The molecule has 0 saturated carbocycles. The molecule has 0 unspecified atom stereocenters. The zero-order valence-electron chi connectivity index (χ0n) is 16.2. The quantitative estimate of drug-likeness (QED) is 0.448. The van der Waals surface area contributed by atoms with Crippen LogP contribution in [-0.2, 0) is 9.53 Å². The van der Waals surface area contributed by atoms with Crippen molar-refractivity contribution in [2.24, 2.45) is 5.92 Å². The summed E-state index contributed by atoms with van der Waals surface area (Å²) in [5.41, 5.74) is 5.04. The monoisotopic (exact) mass is 330 g/mol. The summed E-state index contributed by atoms with van der Waals surface area (Å²) in [6.07, 6.45) is 14.7. The minimum absolute atomic E-state index is 0.152. The summed E-state index contributed by atoms with van der Waals surface area (Å²) in [5, 5.41) is 0. The average Bonchev–Trinajstić information content (AvgIpc) is 2.52. The zero-order chi connectivity index (χ0) is 17.9. The molecule has 2 nitrogen and oxygen atoms in total. The second kappa shape index (κ2) is 11.1. The van der Waals surface area contributed by atoms with Gasteiger partial charge in [0.15, 0.2) is 0 Å². The van der Waals surface area contributed by atoms with Gasteiger partial charge in [-0.15, -0.1) is 0 Å². The van der Waals surface area contributed by atoms with Crippen LogP contribution in [0.1, 0.15) is 73.1 Å². The van der Waals surface area contributed by atoms with Crippen LogP contribution in [0.25, 0.3) is 0 Å². The summed E-state index contributed by atoms with van der Waals surface area (Å²) < 4.78 is 5.24. The number of hydrogen-bond acceptors (Lipinski definition) is 2. The maximum Gasteiger partial charge on any atom is 0.333 e. The molecule has 0 spiro atoms. The lowest BCUT2D eigenvalue weighted by atomic mass is 9.94. The maximum absolute atomic E-state index is 12.2. The number of allylic oxidation sites excluding steroid dienone is 7. The summed E-state index contributed by atoms with van der Waals surface area (Å²) in [4.78, 5) is 12.2. The van der Waals surface area contributed by atoms with E-state index in [1.54, 1.807) is 0 Å². The van der Waals surface area contributed by atoms with Crippen molar-refractivity contribution in [3.63, 3.8) is 0 Å². The molecule has 0 heterocycles. The first-order valence-corrected chi connectivity index (χ1v) is 9.32. The molecule has 0 radical (unpaired) electrons. The lowest BCUT2D eigenvalue weighted by molar-refractivity contribution is -0.138. The number of carbonyl (C=O) groups excluding carboxylic acids is 1. The first-order valence-electron chi connectivity index (χ1n) is 9.32. The molecule has 0 aliphatic heterocycles. The lowest BCUT2D eigenvalue weighted by Gasteiger charge is -2.13. The van der Waals surface area contributed by atoms with Gasteiger partial charge in [-0.05, 0) is 65.2 Å². The van der Waals surface area contributed by atoms with Crippen LogP contribution in [0.5, 0.6) is 0 Å². The highest BCUT2D eigenvalue weighted by Crippen LogP contribution is 2.22. The van der Waals surface area contributed by atoms with Crippen molar-refractivity contribution in [3.8, 4) is 0 Å². The van der Waals surface area contributed by atoms with E-state index in [-0.39, 0.29) is 5.97 Å². The largest absolute Gasteiger partial charge is 0.463 e. The third-order valence-corrected chi connectivity index (χ3v) is 4.51.